The van der Waals surface area contributed by atoms with E-state index in [0.29, 0.717) is 5.56 Å². The van der Waals surface area contributed by atoms with Crippen molar-refractivity contribution in [1.82, 2.24) is 0 Å². The van der Waals surface area contributed by atoms with Gasteiger partial charge in [0.1, 0.15) is 5.82 Å². The summed E-state index contributed by atoms with van der Waals surface area (Å²) < 4.78 is 38.6. The lowest BCUT2D eigenvalue weighted by Gasteiger charge is -2.10. The van der Waals surface area contributed by atoms with Crippen molar-refractivity contribution in [3.05, 3.63) is 58.9 Å². The highest BCUT2D eigenvalue weighted by molar-refractivity contribution is 7.90. The monoisotopic (exact) mass is 293 g/mol. The Balaban J connectivity index is 2.43. The predicted octanol–water partition coefficient (Wildman–Crippen LogP) is 3.00. The minimum Gasteiger partial charge on any atom is -0.399 e. The quantitative estimate of drug-likeness (QED) is 0.885. The first-order chi connectivity index (χ1) is 9.29. The molecule has 0 atom stereocenters. The van der Waals surface area contributed by atoms with Gasteiger partial charge in [-0.15, -0.1) is 0 Å². The van der Waals surface area contributed by atoms with Crippen LogP contribution in [0.5, 0.6) is 0 Å². The van der Waals surface area contributed by atoms with E-state index in [-0.39, 0.29) is 21.9 Å². The number of aryl methyl sites for hydroxylation is 2. The molecule has 0 fully saturated rings. The van der Waals surface area contributed by atoms with Gasteiger partial charge in [-0.2, -0.15) is 0 Å². The van der Waals surface area contributed by atoms with E-state index >= 15 is 0 Å². The van der Waals surface area contributed by atoms with E-state index in [1.165, 1.54) is 12.1 Å². The number of sulfone groups is 1. The van der Waals surface area contributed by atoms with Crippen molar-refractivity contribution in [2.45, 2.75) is 24.5 Å². The number of nitrogen functional groups attached to an aromatic ring is 1. The molecule has 0 radical (unpaired) electrons. The number of halogens is 1. The van der Waals surface area contributed by atoms with E-state index < -0.39 is 15.7 Å². The van der Waals surface area contributed by atoms with E-state index in [1.54, 1.807) is 19.1 Å². The molecule has 0 bridgehead atoms. The molecule has 0 spiro atoms. The van der Waals surface area contributed by atoms with Gasteiger partial charge in [-0.25, -0.2) is 12.8 Å². The number of hydrogen-bond acceptors (Lipinski definition) is 3. The molecule has 0 saturated carbocycles. The first kappa shape index (κ1) is 14.5. The van der Waals surface area contributed by atoms with Gasteiger partial charge >= 0.3 is 0 Å². The molecule has 0 amide bonds. The molecule has 106 valence electrons. The number of nitrogens with two attached hydrogens (primary N) is 1. The van der Waals surface area contributed by atoms with Crippen molar-refractivity contribution in [1.29, 1.82) is 0 Å². The summed E-state index contributed by atoms with van der Waals surface area (Å²) in [4.78, 5) is 0.244. The fourth-order valence-corrected chi connectivity index (χ4v) is 3.73. The summed E-state index contributed by atoms with van der Waals surface area (Å²) in [6.45, 7) is 3.55. The Hall–Kier alpha value is -1.88. The summed E-state index contributed by atoms with van der Waals surface area (Å²) in [5.41, 5.74) is 7.37. The van der Waals surface area contributed by atoms with E-state index in [9.17, 15) is 12.8 Å². The first-order valence-corrected chi connectivity index (χ1v) is 7.79. The lowest BCUT2D eigenvalue weighted by Crippen LogP contribution is -2.08. The number of anilines is 1. The van der Waals surface area contributed by atoms with Crippen LogP contribution in [-0.2, 0) is 15.6 Å². The second-order valence-corrected chi connectivity index (χ2v) is 6.84. The van der Waals surface area contributed by atoms with Crippen LogP contribution in [0.3, 0.4) is 0 Å². The van der Waals surface area contributed by atoms with Crippen LogP contribution in [0.2, 0.25) is 0 Å². The Bertz CT molecular complexity index is 754. The van der Waals surface area contributed by atoms with Gasteiger partial charge in [0.15, 0.2) is 9.84 Å². The van der Waals surface area contributed by atoms with Crippen molar-refractivity contribution >= 4 is 15.5 Å². The summed E-state index contributed by atoms with van der Waals surface area (Å²) in [5.74, 6) is -0.970. The molecule has 0 aliphatic heterocycles. The topological polar surface area (TPSA) is 60.2 Å². The Morgan fingerprint density at radius 2 is 1.80 bits per heavy atom. The van der Waals surface area contributed by atoms with Crippen LogP contribution in [0.25, 0.3) is 0 Å². The summed E-state index contributed by atoms with van der Waals surface area (Å²) in [5, 5.41) is 0. The standard InChI is InChI=1S/C15H16FNO2S/c1-10-3-4-11(2)15(7-10)20(18,19)9-12-5-6-13(17)8-14(12)16/h3-8H,9,17H2,1-2H3. The van der Waals surface area contributed by atoms with Crippen molar-refractivity contribution in [2.24, 2.45) is 0 Å². The number of hydrogen-bond donors (Lipinski definition) is 1. The van der Waals surface area contributed by atoms with Crippen molar-refractivity contribution in [2.75, 3.05) is 5.73 Å². The Labute approximate surface area is 118 Å². The molecule has 5 heteroatoms. The van der Waals surface area contributed by atoms with Crippen LogP contribution in [-0.4, -0.2) is 8.42 Å². The second-order valence-electron chi connectivity index (χ2n) is 4.88. The summed E-state index contributed by atoms with van der Waals surface area (Å²) in [7, 11) is -3.58. The van der Waals surface area contributed by atoms with Gasteiger partial charge in [0.2, 0.25) is 0 Å². The molecule has 0 aliphatic carbocycles. The third-order valence-electron chi connectivity index (χ3n) is 3.10. The molecule has 0 unspecified atom stereocenters. The molecule has 2 rings (SSSR count). The largest absolute Gasteiger partial charge is 0.399 e. The van der Waals surface area contributed by atoms with E-state index in [2.05, 4.69) is 0 Å². The Kier molecular flexibility index (Phi) is 3.81. The van der Waals surface area contributed by atoms with Crippen LogP contribution in [0.15, 0.2) is 41.3 Å². The van der Waals surface area contributed by atoms with Crippen molar-refractivity contribution < 1.29 is 12.8 Å². The zero-order chi connectivity index (χ0) is 14.9. The summed E-state index contributed by atoms with van der Waals surface area (Å²) in [6.07, 6.45) is 0. The van der Waals surface area contributed by atoms with Crippen molar-refractivity contribution in [3.8, 4) is 0 Å². The van der Waals surface area contributed by atoms with Crippen LogP contribution in [0.1, 0.15) is 16.7 Å². The summed E-state index contributed by atoms with van der Waals surface area (Å²) in [6, 6.07) is 9.25. The maximum Gasteiger partial charge on any atom is 0.182 e. The average molecular weight is 293 g/mol. The Morgan fingerprint density at radius 1 is 1.10 bits per heavy atom. The van der Waals surface area contributed by atoms with Crippen molar-refractivity contribution in [3.63, 3.8) is 0 Å². The molecule has 2 N–H and O–H groups in total. The fourth-order valence-electron chi connectivity index (χ4n) is 2.01. The van der Waals surface area contributed by atoms with Gasteiger partial charge < -0.3 is 5.73 Å². The maximum atomic E-state index is 13.7. The number of rotatable bonds is 3. The van der Waals surface area contributed by atoms with Gasteiger partial charge in [0.25, 0.3) is 0 Å². The lowest BCUT2D eigenvalue weighted by atomic mass is 10.2. The molecule has 0 aliphatic rings. The second kappa shape index (κ2) is 5.25. The van der Waals surface area contributed by atoms with Gasteiger partial charge in [0.05, 0.1) is 10.6 Å². The van der Waals surface area contributed by atoms with Crippen LogP contribution < -0.4 is 5.73 Å². The fraction of sp³-hybridized carbons (Fsp3) is 0.200. The molecule has 2 aromatic carbocycles. The normalized spacial score (nSPS) is 11.6. The third kappa shape index (κ3) is 2.99. The maximum absolute atomic E-state index is 13.7. The molecule has 0 saturated heterocycles. The van der Waals surface area contributed by atoms with Crippen LogP contribution >= 0.6 is 0 Å². The van der Waals surface area contributed by atoms with Gasteiger partial charge in [-0.3, -0.25) is 0 Å². The van der Waals surface area contributed by atoms with Gasteiger partial charge in [-0.05, 0) is 43.2 Å². The molecule has 0 aromatic heterocycles. The molecule has 20 heavy (non-hydrogen) atoms. The molecule has 3 nitrogen and oxygen atoms in total. The van der Waals surface area contributed by atoms with Gasteiger partial charge in [-0.1, -0.05) is 18.2 Å². The zero-order valence-corrected chi connectivity index (χ0v) is 12.2. The minimum absolute atomic E-state index is 0.125. The highest BCUT2D eigenvalue weighted by Gasteiger charge is 2.20. The summed E-state index contributed by atoms with van der Waals surface area (Å²) >= 11 is 0. The number of benzene rings is 2. The average Bonchev–Trinajstić information content (AvgIpc) is 2.35. The predicted molar refractivity (Wildman–Crippen MR) is 77.6 cm³/mol. The molecular formula is C15H16FNO2S. The zero-order valence-electron chi connectivity index (χ0n) is 11.4. The van der Waals surface area contributed by atoms with E-state index in [4.69, 9.17) is 5.73 Å². The SMILES string of the molecule is Cc1ccc(C)c(S(=O)(=O)Cc2ccc(N)cc2F)c1. The highest BCUT2D eigenvalue weighted by atomic mass is 32.2. The molecular weight excluding hydrogens is 277 g/mol. The van der Waals surface area contributed by atoms with E-state index in [1.807, 2.05) is 13.0 Å². The molecule has 2 aromatic rings. The first-order valence-electron chi connectivity index (χ1n) is 6.13. The lowest BCUT2D eigenvalue weighted by molar-refractivity contribution is 0.586. The molecule has 0 heterocycles. The third-order valence-corrected chi connectivity index (χ3v) is 4.90. The van der Waals surface area contributed by atoms with Gasteiger partial charge in [0, 0.05) is 11.3 Å². The Morgan fingerprint density at radius 3 is 2.45 bits per heavy atom. The minimum atomic E-state index is -3.58. The smallest absolute Gasteiger partial charge is 0.182 e. The van der Waals surface area contributed by atoms with Crippen LogP contribution in [0, 0.1) is 19.7 Å². The highest BCUT2D eigenvalue weighted by Crippen LogP contribution is 2.23. The van der Waals surface area contributed by atoms with E-state index in [0.717, 1.165) is 11.6 Å². The van der Waals surface area contributed by atoms with Crippen LogP contribution in [0.4, 0.5) is 10.1 Å².